The van der Waals surface area contributed by atoms with Gasteiger partial charge in [-0.3, -0.25) is 10.1 Å². The van der Waals surface area contributed by atoms with Crippen molar-refractivity contribution in [3.63, 3.8) is 0 Å². The summed E-state index contributed by atoms with van der Waals surface area (Å²) in [5.41, 5.74) is 1.46. The van der Waals surface area contributed by atoms with Gasteiger partial charge < -0.3 is 19.9 Å². The van der Waals surface area contributed by atoms with Crippen LogP contribution >= 0.6 is 21.6 Å². The maximum atomic E-state index is 13.3. The molecular weight excluding hydrogens is 532 g/mol. The summed E-state index contributed by atoms with van der Waals surface area (Å²) in [7, 11) is 2.52. The van der Waals surface area contributed by atoms with E-state index in [0.717, 1.165) is 0 Å². The molecule has 10 nitrogen and oxygen atoms in total. The van der Waals surface area contributed by atoms with Crippen molar-refractivity contribution in [3.05, 3.63) is 92.3 Å². The Bertz CT molecular complexity index is 1320. The van der Waals surface area contributed by atoms with Crippen molar-refractivity contribution in [1.29, 1.82) is 0 Å². The number of nitrogens with one attached hydrogen (secondary N) is 1. The summed E-state index contributed by atoms with van der Waals surface area (Å²) in [4.78, 5) is 49.4. The molecule has 0 aliphatic carbocycles. The average Bonchev–Trinajstić information content (AvgIpc) is 2.88. The van der Waals surface area contributed by atoms with Gasteiger partial charge in [0, 0.05) is 34.2 Å². The number of hydrogen-bond donors (Lipinski definition) is 2. The Labute approximate surface area is 227 Å². The fourth-order valence-corrected chi connectivity index (χ4v) is 6.22. The number of benzene rings is 2. The third-order valence-electron chi connectivity index (χ3n) is 5.52. The van der Waals surface area contributed by atoms with E-state index < -0.39 is 28.7 Å². The smallest absolute Gasteiger partial charge is 0.336 e. The summed E-state index contributed by atoms with van der Waals surface area (Å²) in [6.45, 7) is 5.14. The molecule has 0 saturated carbocycles. The Kier molecular flexibility index (Phi) is 9.97. The molecule has 1 heterocycles. The molecule has 1 aliphatic rings. The number of non-ortho nitro benzene ring substituents is 1. The van der Waals surface area contributed by atoms with Gasteiger partial charge in [0.1, 0.15) is 0 Å². The van der Waals surface area contributed by atoms with Crippen molar-refractivity contribution in [3.8, 4) is 0 Å². The molecule has 0 amide bonds. The lowest BCUT2D eigenvalue weighted by Crippen LogP contribution is -2.34. The number of rotatable bonds is 11. The van der Waals surface area contributed by atoms with Crippen LogP contribution < -0.4 is 5.32 Å². The van der Waals surface area contributed by atoms with Crippen molar-refractivity contribution in [2.75, 3.05) is 19.0 Å². The van der Waals surface area contributed by atoms with E-state index in [2.05, 4.69) is 5.32 Å². The highest BCUT2D eigenvalue weighted by molar-refractivity contribution is 8.76. The summed E-state index contributed by atoms with van der Waals surface area (Å²) in [5, 5.41) is 24.1. The van der Waals surface area contributed by atoms with Gasteiger partial charge in [-0.1, -0.05) is 45.9 Å². The molecule has 2 aromatic carbocycles. The standard InChI is InChI=1S/C26H26N2O8S2/c1-4-35-25(31)21-15(3)27-19(14-37-38-20-12-7-6-11-18(20)24(29)30)23(26(32)36-5-2)22(21)16-9-8-10-17(13-16)28(33)34/h6-13,22,27H,4-5,14H2,1-3H3,(H,29,30). The largest absolute Gasteiger partial charge is 0.478 e. The highest BCUT2D eigenvalue weighted by atomic mass is 33.1. The number of carbonyl (C=O) groups is 3. The minimum atomic E-state index is -1.06. The zero-order chi connectivity index (χ0) is 27.8. The highest BCUT2D eigenvalue weighted by Crippen LogP contribution is 2.42. The minimum absolute atomic E-state index is 0.0720. The van der Waals surface area contributed by atoms with Crippen LogP contribution in [0.4, 0.5) is 5.69 Å². The third-order valence-corrected chi connectivity index (χ3v) is 7.83. The molecule has 0 bridgehead atoms. The molecule has 0 radical (unpaired) electrons. The monoisotopic (exact) mass is 558 g/mol. The fraction of sp³-hybridized carbons (Fsp3) is 0.269. The van der Waals surface area contributed by atoms with Gasteiger partial charge in [0.25, 0.3) is 5.69 Å². The number of carboxylic acid groups (broad SMARTS) is 1. The second-order valence-electron chi connectivity index (χ2n) is 7.93. The molecule has 1 aliphatic heterocycles. The van der Waals surface area contributed by atoms with Crippen LogP contribution in [0.25, 0.3) is 0 Å². The number of esters is 2. The van der Waals surface area contributed by atoms with Crippen LogP contribution in [0.3, 0.4) is 0 Å². The molecule has 2 aromatic rings. The van der Waals surface area contributed by atoms with E-state index in [0.29, 0.717) is 21.9 Å². The highest BCUT2D eigenvalue weighted by Gasteiger charge is 2.39. The number of ether oxygens (including phenoxy) is 2. The van der Waals surface area contributed by atoms with E-state index in [-0.39, 0.29) is 41.4 Å². The first-order valence-corrected chi connectivity index (χ1v) is 13.9. The van der Waals surface area contributed by atoms with Crippen molar-refractivity contribution < 1.29 is 33.9 Å². The quantitative estimate of drug-likeness (QED) is 0.165. The maximum absolute atomic E-state index is 13.3. The molecule has 3 rings (SSSR count). The molecule has 2 N–H and O–H groups in total. The molecule has 0 fully saturated rings. The maximum Gasteiger partial charge on any atom is 0.336 e. The Morgan fingerprint density at radius 1 is 1.03 bits per heavy atom. The normalized spacial score (nSPS) is 15.1. The zero-order valence-electron chi connectivity index (χ0n) is 20.9. The zero-order valence-corrected chi connectivity index (χ0v) is 22.5. The lowest BCUT2D eigenvalue weighted by molar-refractivity contribution is -0.384. The van der Waals surface area contributed by atoms with E-state index in [1.807, 2.05) is 0 Å². The van der Waals surface area contributed by atoms with Crippen molar-refractivity contribution in [1.82, 2.24) is 5.32 Å². The van der Waals surface area contributed by atoms with Crippen molar-refractivity contribution in [2.45, 2.75) is 31.6 Å². The molecule has 38 heavy (non-hydrogen) atoms. The number of carboxylic acids is 1. The van der Waals surface area contributed by atoms with Gasteiger partial charge >= 0.3 is 17.9 Å². The Balaban J connectivity index is 2.09. The van der Waals surface area contributed by atoms with Crippen LogP contribution in [-0.2, 0) is 19.1 Å². The SMILES string of the molecule is CCOC(=O)C1=C(C)NC(CSSc2ccccc2C(=O)O)=C(C(=O)OCC)C1c1cccc([N+](=O)[O-])c1. The Morgan fingerprint density at radius 2 is 1.68 bits per heavy atom. The molecule has 1 atom stereocenters. The fourth-order valence-electron chi connectivity index (χ4n) is 3.96. The summed E-state index contributed by atoms with van der Waals surface area (Å²) in [6.07, 6.45) is 0. The Hall–Kier alpha value is -3.77. The summed E-state index contributed by atoms with van der Waals surface area (Å²) in [5.74, 6) is -3.17. The Morgan fingerprint density at radius 3 is 2.32 bits per heavy atom. The summed E-state index contributed by atoms with van der Waals surface area (Å²) in [6, 6.07) is 12.3. The summed E-state index contributed by atoms with van der Waals surface area (Å²) < 4.78 is 10.6. The topological polar surface area (TPSA) is 145 Å². The van der Waals surface area contributed by atoms with Crippen molar-refractivity contribution >= 4 is 45.2 Å². The van der Waals surface area contributed by atoms with Crippen molar-refractivity contribution in [2.24, 2.45) is 0 Å². The lowest BCUT2D eigenvalue weighted by atomic mass is 9.80. The number of aromatic carboxylic acids is 1. The van der Waals surface area contributed by atoms with Gasteiger partial charge in [-0.25, -0.2) is 14.4 Å². The molecule has 0 aromatic heterocycles. The first-order chi connectivity index (χ1) is 18.2. The third kappa shape index (κ3) is 6.56. The number of nitrogens with zero attached hydrogens (tertiary/aromatic N) is 1. The average molecular weight is 559 g/mol. The molecule has 12 heteroatoms. The predicted octanol–water partition coefficient (Wildman–Crippen LogP) is 5.07. The molecular formula is C26H26N2O8S2. The van der Waals surface area contributed by atoms with Gasteiger partial charge in [-0.15, -0.1) is 0 Å². The van der Waals surface area contributed by atoms with E-state index in [1.54, 1.807) is 45.0 Å². The summed E-state index contributed by atoms with van der Waals surface area (Å²) >= 11 is 0. The van der Waals surface area contributed by atoms with Crippen LogP contribution in [0.1, 0.15) is 42.6 Å². The van der Waals surface area contributed by atoms with Gasteiger partial charge in [0.05, 0.1) is 40.8 Å². The van der Waals surface area contributed by atoms with Gasteiger partial charge in [-0.2, -0.15) is 0 Å². The number of hydrogen-bond acceptors (Lipinski definition) is 10. The number of dihydropyridines is 1. The number of allylic oxidation sites excluding steroid dienone is 1. The van der Waals surface area contributed by atoms with Crippen LogP contribution in [0.5, 0.6) is 0 Å². The second kappa shape index (κ2) is 13.2. The van der Waals surface area contributed by atoms with Crippen LogP contribution in [0.2, 0.25) is 0 Å². The number of carbonyl (C=O) groups excluding carboxylic acids is 2. The number of nitro benzene ring substituents is 1. The molecule has 0 spiro atoms. The second-order valence-corrected chi connectivity index (χ2v) is 10.3. The van der Waals surface area contributed by atoms with Crippen LogP contribution in [-0.4, -0.2) is 46.9 Å². The van der Waals surface area contributed by atoms with Crippen LogP contribution in [0.15, 0.2) is 76.0 Å². The predicted molar refractivity (Wildman–Crippen MR) is 144 cm³/mol. The number of nitro groups is 1. The molecule has 200 valence electrons. The van der Waals surface area contributed by atoms with Gasteiger partial charge in [0.2, 0.25) is 0 Å². The van der Waals surface area contributed by atoms with Gasteiger partial charge in [0.15, 0.2) is 0 Å². The minimum Gasteiger partial charge on any atom is -0.478 e. The van der Waals surface area contributed by atoms with E-state index in [1.165, 1.54) is 45.9 Å². The molecule has 1 unspecified atom stereocenters. The lowest BCUT2D eigenvalue weighted by Gasteiger charge is -2.31. The molecule has 0 saturated heterocycles. The van der Waals surface area contributed by atoms with E-state index in [4.69, 9.17) is 9.47 Å². The first-order valence-electron chi connectivity index (χ1n) is 11.6. The first kappa shape index (κ1) is 28.8. The van der Waals surface area contributed by atoms with Gasteiger partial charge in [-0.05, 0) is 38.5 Å². The van der Waals surface area contributed by atoms with E-state index in [9.17, 15) is 29.6 Å². The van der Waals surface area contributed by atoms with Crippen LogP contribution in [0, 0.1) is 10.1 Å². The van der Waals surface area contributed by atoms with E-state index >= 15 is 0 Å².